The fourth-order valence-electron chi connectivity index (χ4n) is 3.06. The smallest absolute Gasteiger partial charge is 0.262 e. The van der Waals surface area contributed by atoms with E-state index in [1.807, 2.05) is 62.8 Å². The molecule has 4 rings (SSSR count). The van der Waals surface area contributed by atoms with Gasteiger partial charge in [0.1, 0.15) is 6.33 Å². The first-order valence-corrected chi connectivity index (χ1v) is 10.1. The highest BCUT2D eigenvalue weighted by Gasteiger charge is 2.15. The quantitative estimate of drug-likeness (QED) is 0.509. The summed E-state index contributed by atoms with van der Waals surface area (Å²) < 4.78 is 9.20. The van der Waals surface area contributed by atoms with Gasteiger partial charge in [0, 0.05) is 30.4 Å². The molecule has 10 heteroatoms. The first-order chi connectivity index (χ1) is 14.4. The number of nitrogens with one attached hydrogen (secondary N) is 1. The lowest BCUT2D eigenvalue weighted by Crippen LogP contribution is -2.20. The molecule has 1 amide bonds. The maximum Gasteiger partial charge on any atom is 0.262 e. The minimum absolute atomic E-state index is 0.144. The number of benzene rings is 1. The molecule has 3 heterocycles. The summed E-state index contributed by atoms with van der Waals surface area (Å²) >= 11 is 1.50. The van der Waals surface area contributed by atoms with Gasteiger partial charge in [-0.1, -0.05) is 0 Å². The molecule has 0 unspecified atom stereocenters. The summed E-state index contributed by atoms with van der Waals surface area (Å²) in [7, 11) is 3.70. The number of hydrogen-bond acceptors (Lipinski definition) is 7. The van der Waals surface area contributed by atoms with Gasteiger partial charge in [-0.05, 0) is 61.5 Å². The Morgan fingerprint density at radius 3 is 2.67 bits per heavy atom. The molecule has 0 saturated heterocycles. The van der Waals surface area contributed by atoms with Gasteiger partial charge < -0.3 is 14.6 Å². The molecular weight excluding hydrogens is 402 g/mol. The highest BCUT2D eigenvalue weighted by molar-refractivity contribution is 7.99. The van der Waals surface area contributed by atoms with Crippen LogP contribution in [0.15, 0.2) is 46.7 Å². The second-order valence-electron chi connectivity index (χ2n) is 6.90. The van der Waals surface area contributed by atoms with Crippen LogP contribution in [0.3, 0.4) is 0 Å². The minimum atomic E-state index is -0.264. The molecule has 0 spiro atoms. The number of fused-ring (bicyclic) bond motifs is 1. The first-order valence-electron chi connectivity index (χ1n) is 9.26. The van der Waals surface area contributed by atoms with E-state index in [2.05, 4.69) is 25.6 Å². The van der Waals surface area contributed by atoms with Crippen molar-refractivity contribution in [1.82, 2.24) is 29.5 Å². The molecule has 0 fully saturated rings. The first kappa shape index (κ1) is 19.9. The Kier molecular flexibility index (Phi) is 5.40. The van der Waals surface area contributed by atoms with E-state index in [0.29, 0.717) is 11.6 Å². The van der Waals surface area contributed by atoms with Gasteiger partial charge in [-0.2, -0.15) is 0 Å². The molecule has 0 radical (unpaired) electrons. The van der Waals surface area contributed by atoms with Crippen molar-refractivity contribution in [3.8, 4) is 5.88 Å². The highest BCUT2D eigenvalue weighted by atomic mass is 32.2. The van der Waals surface area contributed by atoms with Crippen molar-refractivity contribution in [2.24, 2.45) is 14.1 Å². The van der Waals surface area contributed by atoms with Gasteiger partial charge in [-0.15, -0.1) is 15.3 Å². The van der Waals surface area contributed by atoms with Crippen LogP contribution in [0.2, 0.25) is 0 Å². The summed E-state index contributed by atoms with van der Waals surface area (Å²) in [6.45, 7) is 3.77. The van der Waals surface area contributed by atoms with E-state index in [1.165, 1.54) is 11.8 Å². The van der Waals surface area contributed by atoms with Gasteiger partial charge in [0.15, 0.2) is 17.4 Å². The third kappa shape index (κ3) is 4.13. The molecule has 3 aromatic heterocycles. The lowest BCUT2D eigenvalue weighted by molar-refractivity contribution is -0.118. The zero-order chi connectivity index (χ0) is 21.3. The SMILES string of the molecule is Cc1cc(C)c2c(OCC(=O)Nc3ccc(Sc4nncn4C)cc3)nn(C)c2n1. The zero-order valence-corrected chi connectivity index (χ0v) is 17.9. The predicted octanol–water partition coefficient (Wildman–Crippen LogP) is 2.88. The maximum absolute atomic E-state index is 12.3. The summed E-state index contributed by atoms with van der Waals surface area (Å²) in [5.41, 5.74) is 3.34. The average molecular weight is 424 g/mol. The van der Waals surface area contributed by atoms with Crippen LogP contribution in [-0.2, 0) is 18.9 Å². The maximum atomic E-state index is 12.3. The Morgan fingerprint density at radius 2 is 1.97 bits per heavy atom. The van der Waals surface area contributed by atoms with Crippen molar-refractivity contribution >= 4 is 34.4 Å². The van der Waals surface area contributed by atoms with E-state index in [0.717, 1.165) is 32.3 Å². The highest BCUT2D eigenvalue weighted by Crippen LogP contribution is 2.28. The minimum Gasteiger partial charge on any atom is -0.466 e. The van der Waals surface area contributed by atoms with E-state index < -0.39 is 0 Å². The molecule has 9 nitrogen and oxygen atoms in total. The van der Waals surface area contributed by atoms with Crippen molar-refractivity contribution in [2.45, 2.75) is 23.9 Å². The number of amides is 1. The van der Waals surface area contributed by atoms with Gasteiger partial charge in [0.05, 0.1) is 5.39 Å². The molecule has 154 valence electrons. The third-order valence-electron chi connectivity index (χ3n) is 4.44. The Morgan fingerprint density at radius 1 is 1.20 bits per heavy atom. The molecule has 1 N–H and O–H groups in total. The number of ether oxygens (including phenoxy) is 1. The molecule has 0 bridgehead atoms. The molecule has 0 atom stereocenters. The number of anilines is 1. The third-order valence-corrected chi connectivity index (χ3v) is 5.50. The number of carbonyl (C=O) groups excluding carboxylic acids is 1. The standard InChI is InChI=1S/C20H21N7O2S/c1-12-9-13(2)22-18-17(12)19(25-27(18)4)29-10-16(28)23-14-5-7-15(8-6-14)30-20-24-21-11-26(20)3/h5-9,11H,10H2,1-4H3,(H,23,28). The average Bonchev–Trinajstić information content (AvgIpc) is 3.25. The second kappa shape index (κ2) is 8.15. The monoisotopic (exact) mass is 423 g/mol. The van der Waals surface area contributed by atoms with Crippen LogP contribution in [-0.4, -0.2) is 42.0 Å². The number of hydrogen-bond donors (Lipinski definition) is 1. The molecule has 1 aromatic carbocycles. The summed E-state index contributed by atoms with van der Waals surface area (Å²) in [6, 6.07) is 9.48. The van der Waals surface area contributed by atoms with Crippen molar-refractivity contribution in [3.63, 3.8) is 0 Å². The van der Waals surface area contributed by atoms with E-state index >= 15 is 0 Å². The fourth-order valence-corrected chi connectivity index (χ4v) is 3.82. The largest absolute Gasteiger partial charge is 0.466 e. The van der Waals surface area contributed by atoms with Crippen LogP contribution in [0, 0.1) is 13.8 Å². The van der Waals surface area contributed by atoms with Crippen LogP contribution in [0.5, 0.6) is 5.88 Å². The number of nitrogens with zero attached hydrogens (tertiary/aromatic N) is 6. The normalized spacial score (nSPS) is 11.1. The van der Waals surface area contributed by atoms with Crippen molar-refractivity contribution in [2.75, 3.05) is 11.9 Å². The van der Waals surface area contributed by atoms with E-state index in [1.54, 1.807) is 11.0 Å². The number of aryl methyl sites for hydroxylation is 4. The van der Waals surface area contributed by atoms with Crippen molar-refractivity contribution in [3.05, 3.63) is 47.9 Å². The number of carbonyl (C=O) groups is 1. The Bertz CT molecular complexity index is 1210. The van der Waals surface area contributed by atoms with Crippen molar-refractivity contribution < 1.29 is 9.53 Å². The van der Waals surface area contributed by atoms with Crippen molar-refractivity contribution in [1.29, 1.82) is 0 Å². The topological polar surface area (TPSA) is 99.7 Å². The number of rotatable bonds is 6. The zero-order valence-electron chi connectivity index (χ0n) is 17.1. The summed E-state index contributed by atoms with van der Waals surface area (Å²) in [5, 5.41) is 16.7. The van der Waals surface area contributed by atoms with Crippen LogP contribution >= 0.6 is 11.8 Å². The van der Waals surface area contributed by atoms with Gasteiger partial charge in [0.2, 0.25) is 5.88 Å². The number of aromatic nitrogens is 6. The van der Waals surface area contributed by atoms with E-state index in [4.69, 9.17) is 4.74 Å². The molecular formula is C20H21N7O2S. The molecule has 0 aliphatic carbocycles. The molecule has 0 saturated carbocycles. The van der Waals surface area contributed by atoms with Crippen LogP contribution < -0.4 is 10.1 Å². The number of pyridine rings is 1. The van der Waals surface area contributed by atoms with E-state index in [9.17, 15) is 4.79 Å². The Balaban J connectivity index is 1.38. The van der Waals surface area contributed by atoms with E-state index in [-0.39, 0.29) is 12.5 Å². The molecule has 4 aromatic rings. The summed E-state index contributed by atoms with van der Waals surface area (Å²) in [4.78, 5) is 17.8. The van der Waals surface area contributed by atoms with Gasteiger partial charge in [-0.25, -0.2) is 9.67 Å². The lowest BCUT2D eigenvalue weighted by Gasteiger charge is -2.07. The van der Waals surface area contributed by atoms with Gasteiger partial charge in [-0.3, -0.25) is 4.79 Å². The predicted molar refractivity (Wildman–Crippen MR) is 114 cm³/mol. The molecule has 0 aliphatic heterocycles. The van der Waals surface area contributed by atoms with Crippen LogP contribution in [0.4, 0.5) is 5.69 Å². The summed E-state index contributed by atoms with van der Waals surface area (Å²) in [5.74, 6) is 0.142. The Labute approximate surface area is 177 Å². The van der Waals surface area contributed by atoms with Crippen LogP contribution in [0.1, 0.15) is 11.3 Å². The Hall–Kier alpha value is -3.40. The summed E-state index contributed by atoms with van der Waals surface area (Å²) in [6.07, 6.45) is 1.65. The fraction of sp³-hybridized carbons (Fsp3) is 0.250. The van der Waals surface area contributed by atoms with Gasteiger partial charge >= 0.3 is 0 Å². The van der Waals surface area contributed by atoms with Crippen LogP contribution in [0.25, 0.3) is 11.0 Å². The second-order valence-corrected chi connectivity index (χ2v) is 7.94. The molecule has 30 heavy (non-hydrogen) atoms. The lowest BCUT2D eigenvalue weighted by atomic mass is 10.2. The van der Waals surface area contributed by atoms with Gasteiger partial charge in [0.25, 0.3) is 5.91 Å². The molecule has 0 aliphatic rings.